The summed E-state index contributed by atoms with van der Waals surface area (Å²) in [4.78, 5) is 14.8. The predicted molar refractivity (Wildman–Crippen MR) is 107 cm³/mol. The summed E-state index contributed by atoms with van der Waals surface area (Å²) in [5.74, 6) is 1.01. The number of likely N-dealkylation sites (tertiary alicyclic amines) is 1. The molecule has 0 spiro atoms. The fourth-order valence-corrected chi connectivity index (χ4v) is 4.35. The molecule has 1 fully saturated rings. The minimum absolute atomic E-state index is 0.166. The summed E-state index contributed by atoms with van der Waals surface area (Å²) in [7, 11) is 0. The van der Waals surface area contributed by atoms with E-state index in [1.54, 1.807) is 0 Å². The number of aromatic nitrogens is 3. The van der Waals surface area contributed by atoms with Crippen molar-refractivity contribution in [2.24, 2.45) is 0 Å². The van der Waals surface area contributed by atoms with Crippen LogP contribution in [-0.2, 0) is 11.3 Å². The van der Waals surface area contributed by atoms with E-state index < -0.39 is 0 Å². The zero-order valence-corrected chi connectivity index (χ0v) is 16.9. The Morgan fingerprint density at radius 1 is 1.15 bits per heavy atom. The Morgan fingerprint density at radius 2 is 1.81 bits per heavy atom. The quantitative estimate of drug-likeness (QED) is 0.703. The number of halogens is 1. The van der Waals surface area contributed by atoms with Gasteiger partial charge in [0.05, 0.1) is 5.25 Å². The number of amides is 1. The van der Waals surface area contributed by atoms with Crippen molar-refractivity contribution in [3.63, 3.8) is 0 Å². The average Bonchev–Trinajstić information content (AvgIpc) is 2.86. The van der Waals surface area contributed by atoms with Crippen LogP contribution in [0.25, 0.3) is 11.4 Å². The lowest BCUT2D eigenvalue weighted by Crippen LogP contribution is -2.37. The van der Waals surface area contributed by atoms with Crippen LogP contribution in [0.1, 0.15) is 39.5 Å². The van der Waals surface area contributed by atoms with Gasteiger partial charge in [0, 0.05) is 30.2 Å². The highest BCUT2D eigenvalue weighted by Crippen LogP contribution is 2.28. The summed E-state index contributed by atoms with van der Waals surface area (Å²) in [6.07, 6.45) is 4.66. The van der Waals surface area contributed by atoms with E-state index in [0.717, 1.165) is 49.0 Å². The van der Waals surface area contributed by atoms with Gasteiger partial charge in [0.1, 0.15) is 0 Å². The highest BCUT2D eigenvalue weighted by Gasteiger charge is 2.25. The van der Waals surface area contributed by atoms with Gasteiger partial charge in [-0.25, -0.2) is 0 Å². The molecule has 1 unspecified atom stereocenters. The molecule has 1 aromatic carbocycles. The molecule has 0 saturated carbocycles. The zero-order valence-electron chi connectivity index (χ0n) is 15.3. The van der Waals surface area contributed by atoms with Gasteiger partial charge in [-0.2, -0.15) is 0 Å². The van der Waals surface area contributed by atoms with Crippen LogP contribution in [0.15, 0.2) is 29.4 Å². The number of carbonyl (C=O) groups excluding carboxylic acids is 1. The predicted octanol–water partition coefficient (Wildman–Crippen LogP) is 4.50. The normalized spacial score (nSPS) is 16.3. The van der Waals surface area contributed by atoms with Gasteiger partial charge in [0.15, 0.2) is 11.0 Å². The molecule has 26 heavy (non-hydrogen) atoms. The van der Waals surface area contributed by atoms with E-state index >= 15 is 0 Å². The molecule has 1 aliphatic heterocycles. The van der Waals surface area contributed by atoms with Gasteiger partial charge in [-0.3, -0.25) is 4.79 Å². The van der Waals surface area contributed by atoms with Crippen molar-refractivity contribution in [3.05, 3.63) is 29.3 Å². The molecule has 0 N–H and O–H groups in total. The van der Waals surface area contributed by atoms with Crippen molar-refractivity contribution in [1.29, 1.82) is 0 Å². The maximum absolute atomic E-state index is 12.8. The lowest BCUT2D eigenvalue weighted by molar-refractivity contribution is -0.130. The first-order valence-electron chi connectivity index (χ1n) is 9.24. The third-order valence-corrected chi connectivity index (χ3v) is 6.00. The maximum Gasteiger partial charge on any atom is 0.235 e. The van der Waals surface area contributed by atoms with Crippen molar-refractivity contribution in [2.45, 2.75) is 56.5 Å². The van der Waals surface area contributed by atoms with Crippen molar-refractivity contribution in [1.82, 2.24) is 19.7 Å². The van der Waals surface area contributed by atoms with Gasteiger partial charge in [0.25, 0.3) is 0 Å². The van der Waals surface area contributed by atoms with Crippen molar-refractivity contribution < 1.29 is 4.79 Å². The number of benzene rings is 1. The Kier molecular flexibility index (Phi) is 6.59. The molecule has 0 radical (unpaired) electrons. The van der Waals surface area contributed by atoms with Gasteiger partial charge >= 0.3 is 0 Å². The van der Waals surface area contributed by atoms with E-state index in [1.165, 1.54) is 24.6 Å². The van der Waals surface area contributed by atoms with Crippen LogP contribution in [0.4, 0.5) is 0 Å². The molecule has 1 saturated heterocycles. The van der Waals surface area contributed by atoms with Crippen LogP contribution >= 0.6 is 23.4 Å². The summed E-state index contributed by atoms with van der Waals surface area (Å²) < 4.78 is 2.06. The van der Waals surface area contributed by atoms with Crippen molar-refractivity contribution >= 4 is 29.3 Å². The minimum Gasteiger partial charge on any atom is -0.342 e. The Balaban J connectivity index is 1.74. The zero-order chi connectivity index (χ0) is 18.5. The van der Waals surface area contributed by atoms with Crippen LogP contribution < -0.4 is 0 Å². The van der Waals surface area contributed by atoms with Gasteiger partial charge in [-0.15, -0.1) is 10.2 Å². The Hall–Kier alpha value is -1.53. The molecule has 1 atom stereocenters. The molecule has 3 rings (SSSR count). The Labute approximate surface area is 164 Å². The van der Waals surface area contributed by atoms with E-state index in [0.29, 0.717) is 5.02 Å². The highest BCUT2D eigenvalue weighted by molar-refractivity contribution is 8.00. The van der Waals surface area contributed by atoms with Crippen molar-refractivity contribution in [2.75, 3.05) is 13.1 Å². The molecule has 1 amide bonds. The summed E-state index contributed by atoms with van der Waals surface area (Å²) in [6, 6.07) is 7.59. The molecule has 2 heterocycles. The first kappa shape index (κ1) is 19.2. The monoisotopic (exact) mass is 392 g/mol. The molecular weight excluding hydrogens is 368 g/mol. The highest BCUT2D eigenvalue weighted by atomic mass is 35.5. The van der Waals surface area contributed by atoms with Crippen molar-refractivity contribution in [3.8, 4) is 11.4 Å². The Bertz CT molecular complexity index is 738. The molecule has 0 bridgehead atoms. The average molecular weight is 393 g/mol. The molecule has 0 aliphatic carbocycles. The van der Waals surface area contributed by atoms with Crippen LogP contribution in [0.5, 0.6) is 0 Å². The molecule has 1 aliphatic rings. The number of nitrogens with zero attached hydrogens (tertiary/aromatic N) is 4. The molecular formula is C19H25ClN4OS. The third kappa shape index (κ3) is 4.41. The molecule has 2 aromatic rings. The van der Waals surface area contributed by atoms with Crippen LogP contribution in [0, 0.1) is 0 Å². The van der Waals surface area contributed by atoms with E-state index in [9.17, 15) is 4.79 Å². The second-order valence-electron chi connectivity index (χ2n) is 6.56. The number of hydrogen-bond acceptors (Lipinski definition) is 4. The van der Waals surface area contributed by atoms with Gasteiger partial charge in [-0.1, -0.05) is 36.2 Å². The van der Waals surface area contributed by atoms with E-state index in [-0.39, 0.29) is 11.2 Å². The van der Waals surface area contributed by atoms with E-state index in [4.69, 9.17) is 11.6 Å². The standard InChI is InChI=1S/C19H25ClN4OS/c1-3-24-17(15-8-10-16(20)11-9-15)21-22-19(24)26-14(2)18(25)23-12-6-4-5-7-13-23/h8-11,14H,3-7,12-13H2,1-2H3. The second kappa shape index (κ2) is 8.91. The summed E-state index contributed by atoms with van der Waals surface area (Å²) >= 11 is 7.47. The number of carbonyl (C=O) groups is 1. The van der Waals surface area contributed by atoms with Gasteiger partial charge in [0.2, 0.25) is 5.91 Å². The minimum atomic E-state index is -0.166. The fourth-order valence-electron chi connectivity index (χ4n) is 3.23. The van der Waals surface area contributed by atoms with Crippen LogP contribution in [-0.4, -0.2) is 43.9 Å². The smallest absolute Gasteiger partial charge is 0.235 e. The summed E-state index contributed by atoms with van der Waals surface area (Å²) in [5, 5.41) is 10.0. The first-order valence-corrected chi connectivity index (χ1v) is 10.5. The van der Waals surface area contributed by atoms with Gasteiger partial charge in [-0.05, 0) is 51.0 Å². The maximum atomic E-state index is 12.8. The summed E-state index contributed by atoms with van der Waals surface area (Å²) in [6.45, 7) is 6.53. The molecule has 140 valence electrons. The van der Waals surface area contributed by atoms with E-state index in [2.05, 4.69) is 21.7 Å². The molecule has 5 nitrogen and oxygen atoms in total. The Morgan fingerprint density at radius 3 is 2.42 bits per heavy atom. The third-order valence-electron chi connectivity index (χ3n) is 4.68. The SMILES string of the molecule is CCn1c(SC(C)C(=O)N2CCCCCC2)nnc1-c1ccc(Cl)cc1. The van der Waals surface area contributed by atoms with Crippen LogP contribution in [0.3, 0.4) is 0 Å². The lowest BCUT2D eigenvalue weighted by Gasteiger charge is -2.23. The second-order valence-corrected chi connectivity index (χ2v) is 8.30. The number of rotatable bonds is 5. The fraction of sp³-hybridized carbons (Fsp3) is 0.526. The topological polar surface area (TPSA) is 51.0 Å². The number of hydrogen-bond donors (Lipinski definition) is 0. The van der Waals surface area contributed by atoms with Gasteiger partial charge < -0.3 is 9.47 Å². The number of thioether (sulfide) groups is 1. The molecule has 7 heteroatoms. The van der Waals surface area contributed by atoms with E-state index in [1.807, 2.05) is 36.1 Å². The summed E-state index contributed by atoms with van der Waals surface area (Å²) in [5.41, 5.74) is 0.974. The molecule has 1 aromatic heterocycles. The lowest BCUT2D eigenvalue weighted by atomic mass is 10.2. The van der Waals surface area contributed by atoms with Crippen LogP contribution in [0.2, 0.25) is 5.02 Å². The first-order chi connectivity index (χ1) is 12.6. The largest absolute Gasteiger partial charge is 0.342 e.